The Morgan fingerprint density at radius 3 is 2.54 bits per heavy atom. The molecule has 0 radical (unpaired) electrons. The van der Waals surface area contributed by atoms with Gasteiger partial charge >= 0.3 is 6.09 Å². The topological polar surface area (TPSA) is 78.1 Å². The zero-order valence-corrected chi connectivity index (χ0v) is 14.9. The smallest absolute Gasteiger partial charge is 0.412 e. The second-order valence-corrected chi connectivity index (χ2v) is 6.57. The van der Waals surface area contributed by atoms with Crippen LogP contribution >= 0.6 is 0 Å². The zero-order valence-electron chi connectivity index (χ0n) is 14.9. The van der Waals surface area contributed by atoms with E-state index in [1.165, 1.54) is 14.2 Å². The van der Waals surface area contributed by atoms with Crippen LogP contribution in [0.2, 0.25) is 0 Å². The number of carbonyl (C=O) groups excluding carboxylic acids is 1. The molecule has 2 N–H and O–H groups in total. The third-order valence-electron chi connectivity index (χ3n) is 3.41. The first-order chi connectivity index (χ1) is 11.3. The molecule has 0 spiro atoms. The van der Waals surface area contributed by atoms with Gasteiger partial charge in [0.05, 0.1) is 19.9 Å². The summed E-state index contributed by atoms with van der Waals surface area (Å²) in [6.45, 7) is 7.13. The molecule has 24 heavy (non-hydrogen) atoms. The van der Waals surface area contributed by atoms with E-state index in [-0.39, 0.29) is 6.10 Å². The van der Waals surface area contributed by atoms with Crippen LogP contribution in [-0.2, 0) is 4.74 Å². The molecule has 1 aliphatic heterocycles. The van der Waals surface area contributed by atoms with E-state index in [0.717, 1.165) is 19.5 Å². The number of anilines is 1. The van der Waals surface area contributed by atoms with Crippen LogP contribution in [0.3, 0.4) is 0 Å². The molecule has 1 atom stereocenters. The van der Waals surface area contributed by atoms with Crippen LogP contribution in [0.1, 0.15) is 27.2 Å². The first-order valence-corrected chi connectivity index (χ1v) is 7.96. The highest BCUT2D eigenvalue weighted by molar-refractivity contribution is 5.88. The molecule has 7 heteroatoms. The summed E-state index contributed by atoms with van der Waals surface area (Å²) in [4.78, 5) is 12.1. The molecule has 0 aromatic heterocycles. The van der Waals surface area contributed by atoms with E-state index in [1.54, 1.807) is 32.9 Å². The van der Waals surface area contributed by atoms with E-state index in [4.69, 9.17) is 18.9 Å². The number of nitrogens with one attached hydrogen (secondary N) is 2. The Morgan fingerprint density at radius 2 is 2.00 bits per heavy atom. The highest BCUT2D eigenvalue weighted by Gasteiger charge is 2.22. The maximum Gasteiger partial charge on any atom is 0.412 e. The van der Waals surface area contributed by atoms with Crippen LogP contribution in [-0.4, -0.2) is 45.1 Å². The Labute approximate surface area is 142 Å². The maximum atomic E-state index is 12.1. The van der Waals surface area contributed by atoms with Crippen LogP contribution in [0.25, 0.3) is 0 Å². The van der Waals surface area contributed by atoms with Gasteiger partial charge in [-0.3, -0.25) is 5.32 Å². The second kappa shape index (κ2) is 7.61. The summed E-state index contributed by atoms with van der Waals surface area (Å²) in [7, 11) is 3.05. The van der Waals surface area contributed by atoms with Gasteiger partial charge in [0, 0.05) is 18.7 Å². The zero-order chi connectivity index (χ0) is 17.7. The summed E-state index contributed by atoms with van der Waals surface area (Å²) < 4.78 is 22.0. The molecule has 0 saturated carbocycles. The van der Waals surface area contributed by atoms with Gasteiger partial charge in [-0.25, -0.2) is 4.79 Å². The van der Waals surface area contributed by atoms with Crippen molar-refractivity contribution in [2.24, 2.45) is 0 Å². The van der Waals surface area contributed by atoms with Gasteiger partial charge in [0.2, 0.25) is 0 Å². The summed E-state index contributed by atoms with van der Waals surface area (Å²) in [5.74, 6) is 1.50. The highest BCUT2D eigenvalue weighted by Crippen LogP contribution is 2.40. The van der Waals surface area contributed by atoms with Gasteiger partial charge < -0.3 is 24.3 Å². The van der Waals surface area contributed by atoms with Crippen molar-refractivity contribution in [3.63, 3.8) is 0 Å². The molecule has 0 aliphatic carbocycles. The maximum absolute atomic E-state index is 12.1. The molecule has 2 rings (SSSR count). The Hall–Kier alpha value is -2.15. The SMILES string of the molecule is COc1cc(OC2CCNC2)cc(NC(=O)OC(C)(C)C)c1OC. The fourth-order valence-electron chi connectivity index (χ4n) is 2.43. The summed E-state index contributed by atoms with van der Waals surface area (Å²) in [5, 5.41) is 5.94. The summed E-state index contributed by atoms with van der Waals surface area (Å²) in [5.41, 5.74) is -0.155. The Kier molecular flexibility index (Phi) is 5.77. The minimum absolute atomic E-state index is 0.0949. The number of hydrogen-bond donors (Lipinski definition) is 2. The average molecular weight is 338 g/mol. The van der Waals surface area contributed by atoms with E-state index in [9.17, 15) is 4.79 Å². The van der Waals surface area contributed by atoms with Crippen molar-refractivity contribution >= 4 is 11.8 Å². The third-order valence-corrected chi connectivity index (χ3v) is 3.41. The summed E-state index contributed by atoms with van der Waals surface area (Å²) in [6.07, 6.45) is 0.461. The first-order valence-electron chi connectivity index (χ1n) is 7.96. The number of rotatable bonds is 5. The molecule has 1 aromatic carbocycles. The van der Waals surface area contributed by atoms with Gasteiger partial charge in [0.15, 0.2) is 11.5 Å². The summed E-state index contributed by atoms with van der Waals surface area (Å²) in [6, 6.07) is 3.46. The molecule has 1 saturated heterocycles. The lowest BCUT2D eigenvalue weighted by atomic mass is 10.2. The minimum atomic E-state index is -0.592. The predicted octanol–water partition coefficient (Wildman–Crippen LogP) is 2.79. The largest absolute Gasteiger partial charge is 0.493 e. The van der Waals surface area contributed by atoms with Crippen molar-refractivity contribution in [3.05, 3.63) is 12.1 Å². The molecule has 0 bridgehead atoms. The standard InChI is InChI=1S/C17H26N2O5/c1-17(2,3)24-16(20)19-13-8-12(23-11-6-7-18-10-11)9-14(21-4)15(13)22-5/h8-9,11,18H,6-7,10H2,1-5H3,(H,19,20). The van der Waals surface area contributed by atoms with Gasteiger partial charge in [0.1, 0.15) is 17.5 Å². The molecule has 134 valence electrons. The predicted molar refractivity (Wildman–Crippen MR) is 91.3 cm³/mol. The van der Waals surface area contributed by atoms with Gasteiger partial charge in [0.25, 0.3) is 0 Å². The van der Waals surface area contributed by atoms with Crippen molar-refractivity contribution in [2.75, 3.05) is 32.6 Å². The van der Waals surface area contributed by atoms with Gasteiger partial charge in [-0.1, -0.05) is 0 Å². The molecule has 1 heterocycles. The Bertz CT molecular complexity index is 577. The minimum Gasteiger partial charge on any atom is -0.493 e. The molecule has 7 nitrogen and oxygen atoms in total. The lowest BCUT2D eigenvalue weighted by molar-refractivity contribution is 0.0635. The van der Waals surface area contributed by atoms with Crippen LogP contribution in [0.5, 0.6) is 17.2 Å². The molecule has 1 unspecified atom stereocenters. The van der Waals surface area contributed by atoms with Gasteiger partial charge in [-0.15, -0.1) is 0 Å². The third kappa shape index (κ3) is 4.92. The fourth-order valence-corrected chi connectivity index (χ4v) is 2.43. The fraction of sp³-hybridized carbons (Fsp3) is 0.588. The van der Waals surface area contributed by atoms with Crippen molar-refractivity contribution in [3.8, 4) is 17.2 Å². The monoisotopic (exact) mass is 338 g/mol. The second-order valence-electron chi connectivity index (χ2n) is 6.57. The molecule has 1 aliphatic rings. The molecule has 1 amide bonds. The van der Waals surface area contributed by atoms with E-state index < -0.39 is 11.7 Å². The van der Waals surface area contributed by atoms with Crippen LogP contribution in [0, 0.1) is 0 Å². The number of methoxy groups -OCH3 is 2. The van der Waals surface area contributed by atoms with Crippen LogP contribution in [0.15, 0.2) is 12.1 Å². The van der Waals surface area contributed by atoms with E-state index in [1.807, 2.05) is 0 Å². The van der Waals surface area contributed by atoms with Gasteiger partial charge in [-0.05, 0) is 33.7 Å². The lowest BCUT2D eigenvalue weighted by Crippen LogP contribution is -2.27. The first kappa shape index (κ1) is 18.2. The lowest BCUT2D eigenvalue weighted by Gasteiger charge is -2.21. The van der Waals surface area contributed by atoms with Crippen molar-refractivity contribution < 1.29 is 23.7 Å². The van der Waals surface area contributed by atoms with Crippen LogP contribution < -0.4 is 24.8 Å². The quantitative estimate of drug-likeness (QED) is 0.859. The number of hydrogen-bond acceptors (Lipinski definition) is 6. The van der Waals surface area contributed by atoms with Crippen molar-refractivity contribution in [1.82, 2.24) is 5.32 Å². The molecular formula is C17H26N2O5. The van der Waals surface area contributed by atoms with E-state index >= 15 is 0 Å². The molecule has 1 fully saturated rings. The molecular weight excluding hydrogens is 312 g/mol. The normalized spacial score (nSPS) is 17.3. The van der Waals surface area contributed by atoms with Crippen molar-refractivity contribution in [1.29, 1.82) is 0 Å². The average Bonchev–Trinajstić information content (AvgIpc) is 2.97. The van der Waals surface area contributed by atoms with Crippen molar-refractivity contribution in [2.45, 2.75) is 38.9 Å². The number of amides is 1. The van der Waals surface area contributed by atoms with Crippen LogP contribution in [0.4, 0.5) is 10.5 Å². The number of carbonyl (C=O) groups is 1. The number of ether oxygens (including phenoxy) is 4. The number of benzene rings is 1. The van der Waals surface area contributed by atoms with E-state index in [0.29, 0.717) is 22.9 Å². The highest BCUT2D eigenvalue weighted by atomic mass is 16.6. The Balaban J connectivity index is 2.23. The Morgan fingerprint density at radius 1 is 1.25 bits per heavy atom. The molecule has 1 aromatic rings. The van der Waals surface area contributed by atoms with Gasteiger partial charge in [-0.2, -0.15) is 0 Å². The van der Waals surface area contributed by atoms with E-state index in [2.05, 4.69) is 10.6 Å². The summed E-state index contributed by atoms with van der Waals surface area (Å²) >= 11 is 0.